The third-order valence-electron chi connectivity index (χ3n) is 1.91. The molecule has 1 aromatic carbocycles. The third kappa shape index (κ3) is 4.66. The van der Waals surface area contributed by atoms with E-state index in [1.807, 2.05) is 0 Å². The van der Waals surface area contributed by atoms with Crippen molar-refractivity contribution in [1.29, 1.82) is 0 Å². The zero-order valence-electron chi connectivity index (χ0n) is 8.49. The highest BCUT2D eigenvalue weighted by molar-refractivity contribution is 14.2. The van der Waals surface area contributed by atoms with Gasteiger partial charge in [-0.05, 0) is 27.3 Å². The highest BCUT2D eigenvalue weighted by Gasteiger charge is 2.18. The molecule has 17 heavy (non-hydrogen) atoms. The highest BCUT2D eigenvalue weighted by atomic mass is 127. The molecule has 0 aliphatic rings. The van der Waals surface area contributed by atoms with Gasteiger partial charge in [0.1, 0.15) is 5.02 Å². The maximum atomic E-state index is 10.7. The lowest BCUT2D eigenvalue weighted by Crippen LogP contribution is -1.94. The van der Waals surface area contributed by atoms with Crippen molar-refractivity contribution in [3.05, 3.63) is 37.9 Å². The van der Waals surface area contributed by atoms with E-state index in [0.717, 1.165) is 11.5 Å². The van der Waals surface area contributed by atoms with Crippen LogP contribution in [0.15, 0.2) is 12.1 Å². The van der Waals surface area contributed by atoms with E-state index < -0.39 is 4.92 Å². The normalized spacial score (nSPS) is 10.5. The van der Waals surface area contributed by atoms with Gasteiger partial charge in [-0.3, -0.25) is 10.1 Å². The Bertz CT molecular complexity index is 420. The Morgan fingerprint density at radius 1 is 1.35 bits per heavy atom. The molecule has 8 heteroatoms. The molecular formula is C9H8Cl2INO2S2. The zero-order chi connectivity index (χ0) is 12.8. The molecule has 0 amide bonds. The van der Waals surface area contributed by atoms with Crippen molar-refractivity contribution in [2.75, 3.05) is 11.5 Å². The van der Waals surface area contributed by atoms with E-state index in [0.29, 0.717) is 16.3 Å². The summed E-state index contributed by atoms with van der Waals surface area (Å²) in [6.07, 6.45) is 0. The first-order chi connectivity index (χ1) is 8.07. The van der Waals surface area contributed by atoms with Gasteiger partial charge in [-0.25, -0.2) is 0 Å². The van der Waals surface area contributed by atoms with Crippen LogP contribution in [0.4, 0.5) is 5.69 Å². The summed E-state index contributed by atoms with van der Waals surface area (Å²) in [7, 11) is 1.73. The summed E-state index contributed by atoms with van der Waals surface area (Å²) in [6.45, 7) is 0. The van der Waals surface area contributed by atoms with E-state index in [4.69, 9.17) is 23.2 Å². The molecule has 3 nitrogen and oxygen atoms in total. The summed E-state index contributed by atoms with van der Waals surface area (Å²) in [4.78, 5) is 10.2. The largest absolute Gasteiger partial charge is 0.288 e. The molecule has 0 heterocycles. The van der Waals surface area contributed by atoms with Gasteiger partial charge in [-0.2, -0.15) is 11.8 Å². The lowest BCUT2D eigenvalue weighted by atomic mass is 10.2. The summed E-state index contributed by atoms with van der Waals surface area (Å²) in [5.74, 6) is 2.58. The predicted octanol–water partition coefficient (Wildman–Crippen LogP) is 5.22. The second-order valence-corrected chi connectivity index (χ2v) is 7.37. The van der Waals surface area contributed by atoms with Crippen LogP contribution >= 0.6 is 65.1 Å². The second kappa shape index (κ2) is 7.93. The fourth-order valence-corrected chi connectivity index (χ4v) is 4.84. The summed E-state index contributed by atoms with van der Waals surface area (Å²) >= 11 is 15.9. The van der Waals surface area contributed by atoms with Gasteiger partial charge in [0.15, 0.2) is 0 Å². The van der Waals surface area contributed by atoms with Gasteiger partial charge in [0, 0.05) is 33.9 Å². The van der Waals surface area contributed by atoms with E-state index in [1.165, 1.54) is 12.1 Å². The van der Waals surface area contributed by atoms with Gasteiger partial charge >= 0.3 is 0 Å². The van der Waals surface area contributed by atoms with Crippen molar-refractivity contribution in [3.63, 3.8) is 0 Å². The van der Waals surface area contributed by atoms with Gasteiger partial charge < -0.3 is 0 Å². The average molecular weight is 424 g/mol. The number of nitro benzene ring substituents is 1. The van der Waals surface area contributed by atoms with Crippen LogP contribution in [-0.4, -0.2) is 16.4 Å². The SMILES string of the molecule is O=[N+]([O-])c1ccc(Cl)c(CSCCSI)c1Cl. The third-order valence-corrected chi connectivity index (χ3v) is 5.61. The molecule has 1 aromatic rings. The Hall–Kier alpha value is 0.630. The van der Waals surface area contributed by atoms with Crippen LogP contribution in [-0.2, 0) is 5.75 Å². The molecule has 0 unspecified atom stereocenters. The summed E-state index contributed by atoms with van der Waals surface area (Å²) in [6, 6.07) is 2.86. The molecule has 0 aromatic heterocycles. The maximum Gasteiger partial charge on any atom is 0.288 e. The number of benzene rings is 1. The Labute approximate surface area is 130 Å². The fraction of sp³-hybridized carbons (Fsp3) is 0.333. The Balaban J connectivity index is 2.82. The Morgan fingerprint density at radius 2 is 2.06 bits per heavy atom. The molecular weight excluding hydrogens is 416 g/mol. The van der Waals surface area contributed by atoms with Crippen molar-refractivity contribution in [2.45, 2.75) is 5.75 Å². The fourth-order valence-electron chi connectivity index (χ4n) is 1.12. The van der Waals surface area contributed by atoms with Crippen molar-refractivity contribution in [1.82, 2.24) is 0 Å². The van der Waals surface area contributed by atoms with E-state index in [2.05, 4.69) is 21.2 Å². The Morgan fingerprint density at radius 3 is 2.65 bits per heavy atom. The second-order valence-electron chi connectivity index (χ2n) is 2.98. The quantitative estimate of drug-likeness (QED) is 0.272. The first-order valence-electron chi connectivity index (χ1n) is 4.50. The van der Waals surface area contributed by atoms with Crippen LogP contribution in [0.2, 0.25) is 10.0 Å². The van der Waals surface area contributed by atoms with Gasteiger partial charge in [0.05, 0.1) is 4.92 Å². The monoisotopic (exact) mass is 423 g/mol. The van der Waals surface area contributed by atoms with Gasteiger partial charge in [-0.15, -0.1) is 0 Å². The smallest absolute Gasteiger partial charge is 0.258 e. The van der Waals surface area contributed by atoms with Crippen LogP contribution in [0.25, 0.3) is 0 Å². The van der Waals surface area contributed by atoms with Gasteiger partial charge in [0.2, 0.25) is 0 Å². The predicted molar refractivity (Wildman–Crippen MR) is 85.8 cm³/mol. The number of nitro groups is 1. The molecule has 0 fully saturated rings. The molecule has 94 valence electrons. The minimum atomic E-state index is -0.493. The molecule has 0 atom stereocenters. The first-order valence-corrected chi connectivity index (χ1v) is 9.94. The molecule has 0 radical (unpaired) electrons. The van der Waals surface area contributed by atoms with Crippen LogP contribution in [0.1, 0.15) is 5.56 Å². The lowest BCUT2D eigenvalue weighted by molar-refractivity contribution is -0.384. The molecule has 0 saturated heterocycles. The Kier molecular flexibility index (Phi) is 7.32. The number of nitrogens with zero attached hydrogens (tertiary/aromatic N) is 1. The highest BCUT2D eigenvalue weighted by Crippen LogP contribution is 2.35. The average Bonchev–Trinajstić information content (AvgIpc) is 2.27. The zero-order valence-corrected chi connectivity index (χ0v) is 13.8. The van der Waals surface area contributed by atoms with E-state index in [9.17, 15) is 10.1 Å². The standard InChI is InChI=1S/C9H8Cl2INO2S2/c10-7-1-2-8(13(14)15)9(11)6(7)5-16-3-4-17-12/h1-2H,3-5H2. The van der Waals surface area contributed by atoms with Crippen molar-refractivity contribution < 1.29 is 4.92 Å². The van der Waals surface area contributed by atoms with E-state index in [1.54, 1.807) is 20.7 Å². The minimum Gasteiger partial charge on any atom is -0.258 e. The minimum absolute atomic E-state index is 0.0880. The van der Waals surface area contributed by atoms with Gasteiger partial charge in [-0.1, -0.05) is 32.1 Å². The number of thioether (sulfide) groups is 1. The van der Waals surface area contributed by atoms with Gasteiger partial charge in [0.25, 0.3) is 5.69 Å². The molecule has 0 aliphatic heterocycles. The first kappa shape index (κ1) is 15.7. The summed E-state index contributed by atoms with van der Waals surface area (Å²) in [5, 5.41) is 11.4. The number of hydrogen-bond acceptors (Lipinski definition) is 4. The number of halogens is 3. The summed E-state index contributed by atoms with van der Waals surface area (Å²) < 4.78 is 0. The van der Waals surface area contributed by atoms with Crippen LogP contribution in [0.3, 0.4) is 0 Å². The van der Waals surface area contributed by atoms with Crippen molar-refractivity contribution in [2.24, 2.45) is 0 Å². The molecule has 0 saturated carbocycles. The van der Waals surface area contributed by atoms with Crippen LogP contribution in [0.5, 0.6) is 0 Å². The van der Waals surface area contributed by atoms with Crippen LogP contribution in [0, 0.1) is 10.1 Å². The number of hydrogen-bond donors (Lipinski definition) is 0. The lowest BCUT2D eigenvalue weighted by Gasteiger charge is -2.06. The van der Waals surface area contributed by atoms with E-state index in [-0.39, 0.29) is 10.7 Å². The number of rotatable bonds is 6. The van der Waals surface area contributed by atoms with Crippen molar-refractivity contribution >= 4 is 70.8 Å². The molecule has 1 rings (SSSR count). The van der Waals surface area contributed by atoms with Crippen molar-refractivity contribution in [3.8, 4) is 0 Å². The topological polar surface area (TPSA) is 43.1 Å². The summed E-state index contributed by atoms with van der Waals surface area (Å²) in [5.41, 5.74) is 0.556. The molecule has 0 aliphatic carbocycles. The van der Waals surface area contributed by atoms with E-state index >= 15 is 0 Å². The molecule has 0 spiro atoms. The van der Waals surface area contributed by atoms with Crippen LogP contribution < -0.4 is 0 Å². The maximum absolute atomic E-state index is 10.7. The molecule has 0 N–H and O–H groups in total. The molecule has 0 bridgehead atoms.